The first-order valence-corrected chi connectivity index (χ1v) is 7.51. The average Bonchev–Trinajstić information content (AvgIpc) is 3.02. The maximum Gasteiger partial charge on any atom is 0.128 e. The van der Waals surface area contributed by atoms with Crippen molar-refractivity contribution in [2.45, 2.75) is 26.3 Å². The molecule has 3 rings (SSSR count). The molecule has 0 amide bonds. The van der Waals surface area contributed by atoms with E-state index < -0.39 is 0 Å². The van der Waals surface area contributed by atoms with Gasteiger partial charge in [0.2, 0.25) is 0 Å². The lowest BCUT2D eigenvalue weighted by atomic mass is 10.1. The van der Waals surface area contributed by atoms with Crippen LogP contribution in [-0.4, -0.2) is 28.6 Å². The Morgan fingerprint density at radius 3 is 3.05 bits per heavy atom. The highest BCUT2D eigenvalue weighted by Crippen LogP contribution is 2.24. The Morgan fingerprint density at radius 2 is 2.35 bits per heavy atom. The van der Waals surface area contributed by atoms with Gasteiger partial charge in [0.05, 0.1) is 17.6 Å². The highest BCUT2D eigenvalue weighted by atomic mass is 35.5. The molecule has 1 saturated heterocycles. The monoisotopic (exact) mass is 296 g/mol. The molecule has 0 radical (unpaired) electrons. The first kappa shape index (κ1) is 13.8. The number of hydrogen-bond acceptors (Lipinski definition) is 2. The van der Waals surface area contributed by atoms with Gasteiger partial charge in [-0.15, -0.1) is 11.6 Å². The van der Waals surface area contributed by atoms with E-state index in [2.05, 4.69) is 9.55 Å². The van der Waals surface area contributed by atoms with Crippen LogP contribution in [0.25, 0.3) is 11.0 Å². The molecule has 1 unspecified atom stereocenters. The second-order valence-electron chi connectivity index (χ2n) is 5.40. The van der Waals surface area contributed by atoms with Crippen molar-refractivity contribution in [3.63, 3.8) is 0 Å². The van der Waals surface area contributed by atoms with Crippen LogP contribution in [-0.2, 0) is 17.7 Å². The van der Waals surface area contributed by atoms with Gasteiger partial charge in [-0.2, -0.15) is 0 Å². The lowest BCUT2D eigenvalue weighted by molar-refractivity contribution is 0.182. The van der Waals surface area contributed by atoms with Gasteiger partial charge in [0.25, 0.3) is 0 Å². The number of aromatic nitrogens is 2. The third-order valence-electron chi connectivity index (χ3n) is 3.89. The average molecular weight is 297 g/mol. The number of imidazole rings is 1. The zero-order valence-electron chi connectivity index (χ0n) is 11.5. The van der Waals surface area contributed by atoms with Gasteiger partial charge in [-0.05, 0) is 25.0 Å². The van der Waals surface area contributed by atoms with E-state index in [0.29, 0.717) is 29.3 Å². The lowest BCUT2D eigenvalue weighted by Crippen LogP contribution is -2.13. The summed E-state index contributed by atoms with van der Waals surface area (Å²) in [5, 5.41) is 0. The molecule has 3 nitrogen and oxygen atoms in total. The maximum atomic E-state index is 13.7. The molecule has 5 heteroatoms. The summed E-state index contributed by atoms with van der Waals surface area (Å²) in [5.74, 6) is 1.76. The van der Waals surface area contributed by atoms with Crippen LogP contribution in [0.1, 0.15) is 17.8 Å². The number of fused-ring (bicyclic) bond motifs is 1. The zero-order valence-corrected chi connectivity index (χ0v) is 12.3. The molecule has 20 heavy (non-hydrogen) atoms. The number of alkyl halides is 1. The van der Waals surface area contributed by atoms with Crippen molar-refractivity contribution >= 4 is 22.6 Å². The van der Waals surface area contributed by atoms with Crippen LogP contribution < -0.4 is 0 Å². The van der Waals surface area contributed by atoms with E-state index in [1.54, 1.807) is 6.92 Å². The molecule has 108 valence electrons. The quantitative estimate of drug-likeness (QED) is 0.810. The molecule has 0 spiro atoms. The number of ether oxygens (including phenoxy) is 1. The second kappa shape index (κ2) is 5.70. The normalized spacial score (nSPS) is 19.1. The smallest absolute Gasteiger partial charge is 0.128 e. The number of halogens is 2. The van der Waals surface area contributed by atoms with E-state index in [4.69, 9.17) is 16.3 Å². The Hall–Kier alpha value is -1.13. The minimum absolute atomic E-state index is 0.205. The summed E-state index contributed by atoms with van der Waals surface area (Å²) in [5.41, 5.74) is 2.36. The van der Waals surface area contributed by atoms with Crippen molar-refractivity contribution in [1.82, 2.24) is 9.55 Å². The van der Waals surface area contributed by atoms with E-state index in [-0.39, 0.29) is 5.82 Å². The minimum Gasteiger partial charge on any atom is -0.381 e. The predicted octanol–water partition coefficient (Wildman–Crippen LogP) is 3.30. The van der Waals surface area contributed by atoms with Gasteiger partial charge in [-0.25, -0.2) is 9.37 Å². The number of rotatable bonds is 4. The molecular weight excluding hydrogens is 279 g/mol. The fraction of sp³-hybridized carbons (Fsp3) is 0.533. The number of benzene rings is 1. The fourth-order valence-corrected chi connectivity index (χ4v) is 2.93. The van der Waals surface area contributed by atoms with Crippen LogP contribution in [0.4, 0.5) is 4.39 Å². The summed E-state index contributed by atoms with van der Waals surface area (Å²) in [6.45, 7) is 4.27. The first-order chi connectivity index (χ1) is 9.69. The van der Waals surface area contributed by atoms with Gasteiger partial charge in [0.15, 0.2) is 0 Å². The summed E-state index contributed by atoms with van der Waals surface area (Å²) in [6, 6.07) is 3.40. The SMILES string of the molecule is Cc1cc2c(cc1F)nc(CCCl)n2CC1CCOC1. The van der Waals surface area contributed by atoms with E-state index in [9.17, 15) is 4.39 Å². The van der Waals surface area contributed by atoms with Crippen molar-refractivity contribution in [1.29, 1.82) is 0 Å². The number of aryl methyl sites for hydroxylation is 2. The third kappa shape index (κ3) is 2.54. The second-order valence-corrected chi connectivity index (χ2v) is 5.78. The van der Waals surface area contributed by atoms with Crippen LogP contribution >= 0.6 is 11.6 Å². The Balaban J connectivity index is 2.04. The van der Waals surface area contributed by atoms with E-state index in [1.165, 1.54) is 6.07 Å². The number of hydrogen-bond donors (Lipinski definition) is 0. The molecule has 2 heterocycles. The molecule has 1 aliphatic heterocycles. The maximum absolute atomic E-state index is 13.7. The van der Waals surface area contributed by atoms with Gasteiger partial charge in [-0.3, -0.25) is 0 Å². The fourth-order valence-electron chi connectivity index (χ4n) is 2.76. The van der Waals surface area contributed by atoms with Crippen molar-refractivity contribution in [2.24, 2.45) is 5.92 Å². The van der Waals surface area contributed by atoms with E-state index in [0.717, 1.165) is 37.5 Å². The Labute approximate surface area is 122 Å². The molecule has 0 aliphatic carbocycles. The van der Waals surface area contributed by atoms with Crippen molar-refractivity contribution in [2.75, 3.05) is 19.1 Å². The first-order valence-electron chi connectivity index (χ1n) is 6.98. The summed E-state index contributed by atoms with van der Waals surface area (Å²) in [7, 11) is 0. The molecule has 1 atom stereocenters. The third-order valence-corrected chi connectivity index (χ3v) is 4.08. The number of nitrogens with zero attached hydrogens (tertiary/aromatic N) is 2. The molecule has 0 N–H and O–H groups in total. The predicted molar refractivity (Wildman–Crippen MR) is 77.8 cm³/mol. The van der Waals surface area contributed by atoms with Gasteiger partial charge in [0.1, 0.15) is 11.6 Å². The standard InChI is InChI=1S/C15H18ClFN2O/c1-10-6-14-13(7-12(10)17)18-15(2-4-16)19(14)8-11-3-5-20-9-11/h6-7,11H,2-5,8-9H2,1H3. The van der Waals surface area contributed by atoms with Gasteiger partial charge < -0.3 is 9.30 Å². The van der Waals surface area contributed by atoms with Gasteiger partial charge in [-0.1, -0.05) is 0 Å². The lowest BCUT2D eigenvalue weighted by Gasteiger charge is -2.13. The topological polar surface area (TPSA) is 27.1 Å². The summed E-state index contributed by atoms with van der Waals surface area (Å²) in [4.78, 5) is 4.54. The largest absolute Gasteiger partial charge is 0.381 e. The molecule has 1 fully saturated rings. The molecule has 0 saturated carbocycles. The van der Waals surface area contributed by atoms with Gasteiger partial charge in [0, 0.05) is 37.4 Å². The highest BCUT2D eigenvalue weighted by Gasteiger charge is 2.20. The van der Waals surface area contributed by atoms with Crippen molar-refractivity contribution < 1.29 is 9.13 Å². The molecule has 0 bridgehead atoms. The Morgan fingerprint density at radius 1 is 1.50 bits per heavy atom. The molecule has 1 aromatic heterocycles. The minimum atomic E-state index is -0.205. The van der Waals surface area contributed by atoms with Crippen molar-refractivity contribution in [3.8, 4) is 0 Å². The van der Waals surface area contributed by atoms with Crippen molar-refractivity contribution in [3.05, 3.63) is 29.3 Å². The highest BCUT2D eigenvalue weighted by molar-refractivity contribution is 6.17. The van der Waals surface area contributed by atoms with Gasteiger partial charge >= 0.3 is 0 Å². The Kier molecular flexibility index (Phi) is 3.94. The molecule has 1 aromatic carbocycles. The zero-order chi connectivity index (χ0) is 14.1. The molecule has 2 aromatic rings. The van der Waals surface area contributed by atoms with E-state index in [1.807, 2.05) is 6.07 Å². The molecular formula is C15H18ClFN2O. The molecule has 1 aliphatic rings. The van der Waals surface area contributed by atoms with Crippen LogP contribution in [0.3, 0.4) is 0 Å². The summed E-state index contributed by atoms with van der Waals surface area (Å²) in [6.07, 6.45) is 1.77. The summed E-state index contributed by atoms with van der Waals surface area (Å²) < 4.78 is 21.3. The summed E-state index contributed by atoms with van der Waals surface area (Å²) >= 11 is 5.86. The van der Waals surface area contributed by atoms with E-state index >= 15 is 0 Å². The Bertz CT molecular complexity index is 620. The van der Waals surface area contributed by atoms with Crippen LogP contribution in [0.5, 0.6) is 0 Å². The van der Waals surface area contributed by atoms with Crippen LogP contribution in [0.2, 0.25) is 0 Å². The van der Waals surface area contributed by atoms with Crippen LogP contribution in [0, 0.1) is 18.7 Å². The van der Waals surface area contributed by atoms with Crippen LogP contribution in [0.15, 0.2) is 12.1 Å².